The molecule has 0 radical (unpaired) electrons. The van der Waals surface area contributed by atoms with Gasteiger partial charge in [-0.3, -0.25) is 14.6 Å². The van der Waals surface area contributed by atoms with Crippen LogP contribution in [0.25, 0.3) is 16.7 Å². The van der Waals surface area contributed by atoms with E-state index < -0.39 is 15.4 Å². The zero-order valence-corrected chi connectivity index (χ0v) is 17.3. The van der Waals surface area contributed by atoms with E-state index in [-0.39, 0.29) is 39.5 Å². The summed E-state index contributed by atoms with van der Waals surface area (Å²) in [7, 11) is -2.50. The van der Waals surface area contributed by atoms with Crippen molar-refractivity contribution in [1.29, 1.82) is 5.41 Å². The average Bonchev–Trinajstić information content (AvgIpc) is 2.74. The number of ether oxygens (including phenoxy) is 1. The van der Waals surface area contributed by atoms with E-state index in [0.29, 0.717) is 5.65 Å². The Kier molecular flexibility index (Phi) is 5.00. The van der Waals surface area contributed by atoms with Crippen LogP contribution in [0.4, 0.5) is 0 Å². The Labute approximate surface area is 172 Å². The highest BCUT2D eigenvalue weighted by molar-refractivity contribution is 7.91. The van der Waals surface area contributed by atoms with E-state index in [1.807, 2.05) is 13.0 Å². The van der Waals surface area contributed by atoms with Crippen LogP contribution in [-0.4, -0.2) is 36.1 Å². The molecule has 3 heterocycles. The molecule has 0 bridgehead atoms. The predicted molar refractivity (Wildman–Crippen MR) is 111 cm³/mol. The number of hydrogen-bond acceptors (Lipinski definition) is 6. The van der Waals surface area contributed by atoms with Gasteiger partial charge in [-0.25, -0.2) is 13.4 Å². The van der Waals surface area contributed by atoms with Crippen molar-refractivity contribution in [3.63, 3.8) is 0 Å². The van der Waals surface area contributed by atoms with E-state index in [0.717, 1.165) is 5.56 Å². The Morgan fingerprint density at radius 2 is 1.83 bits per heavy atom. The van der Waals surface area contributed by atoms with Gasteiger partial charge in [-0.05, 0) is 36.8 Å². The highest BCUT2D eigenvalue weighted by Crippen LogP contribution is 2.20. The second-order valence-corrected chi connectivity index (χ2v) is 8.78. The number of rotatable bonds is 5. The number of nitrogens with zero attached hydrogens (tertiary/aromatic N) is 3. The van der Waals surface area contributed by atoms with Crippen molar-refractivity contribution in [3.05, 3.63) is 76.1 Å². The fourth-order valence-electron chi connectivity index (χ4n) is 3.40. The molecule has 4 rings (SSSR count). The van der Waals surface area contributed by atoms with Crippen molar-refractivity contribution in [2.24, 2.45) is 0 Å². The first kappa shape index (κ1) is 20.0. The van der Waals surface area contributed by atoms with Crippen molar-refractivity contribution in [1.82, 2.24) is 14.0 Å². The van der Waals surface area contributed by atoms with Gasteiger partial charge < -0.3 is 9.30 Å². The lowest BCUT2D eigenvalue weighted by atomic mass is 10.2. The number of aryl methyl sites for hydroxylation is 1. The molecule has 30 heavy (non-hydrogen) atoms. The lowest BCUT2D eigenvalue weighted by Crippen LogP contribution is -2.31. The molecule has 0 aliphatic heterocycles. The Balaban J connectivity index is 2.15. The van der Waals surface area contributed by atoms with Gasteiger partial charge in [-0.1, -0.05) is 24.3 Å². The third kappa shape index (κ3) is 3.12. The maximum atomic E-state index is 13.3. The molecule has 0 spiro atoms. The van der Waals surface area contributed by atoms with Crippen molar-refractivity contribution < 1.29 is 13.2 Å². The molecule has 4 aromatic rings. The second-order valence-electron chi connectivity index (χ2n) is 6.86. The first-order valence-electron chi connectivity index (χ1n) is 9.25. The van der Waals surface area contributed by atoms with E-state index in [1.54, 1.807) is 30.5 Å². The van der Waals surface area contributed by atoms with Crippen LogP contribution in [0.5, 0.6) is 0 Å². The average molecular weight is 424 g/mol. The molecule has 1 aromatic carbocycles. The fraction of sp³-hybridized carbons (Fsp3) is 0.190. The summed E-state index contributed by atoms with van der Waals surface area (Å²) in [6, 6.07) is 12.7. The smallest absolute Gasteiger partial charge is 0.267 e. The Hall–Kier alpha value is -3.30. The highest BCUT2D eigenvalue weighted by atomic mass is 32.2. The lowest BCUT2D eigenvalue weighted by Gasteiger charge is -2.15. The van der Waals surface area contributed by atoms with Gasteiger partial charge in [0.2, 0.25) is 9.84 Å². The van der Waals surface area contributed by atoms with Crippen LogP contribution >= 0.6 is 0 Å². The highest BCUT2D eigenvalue weighted by Gasteiger charge is 2.24. The van der Waals surface area contributed by atoms with Crippen LogP contribution < -0.4 is 11.0 Å². The number of fused-ring (bicyclic) bond motifs is 2. The van der Waals surface area contributed by atoms with Gasteiger partial charge in [0.25, 0.3) is 5.56 Å². The molecule has 0 aliphatic carbocycles. The topological polar surface area (TPSA) is 107 Å². The molecule has 9 heteroatoms. The minimum atomic E-state index is -4.01. The molecule has 0 saturated carbocycles. The minimum absolute atomic E-state index is 0.0563. The maximum Gasteiger partial charge on any atom is 0.267 e. The number of benzene rings is 1. The van der Waals surface area contributed by atoms with Gasteiger partial charge in [0.15, 0.2) is 0 Å². The number of hydrogen-bond donors (Lipinski definition) is 1. The molecule has 154 valence electrons. The minimum Gasteiger partial charge on any atom is -0.383 e. The quantitative estimate of drug-likeness (QED) is 0.493. The van der Waals surface area contributed by atoms with Crippen LogP contribution in [0, 0.1) is 12.3 Å². The van der Waals surface area contributed by atoms with Crippen molar-refractivity contribution in [2.45, 2.75) is 23.3 Å². The third-order valence-electron chi connectivity index (χ3n) is 4.96. The monoisotopic (exact) mass is 424 g/mol. The molecule has 0 aliphatic rings. The Bertz CT molecular complexity index is 1490. The predicted octanol–water partition coefficient (Wildman–Crippen LogP) is 1.92. The van der Waals surface area contributed by atoms with Gasteiger partial charge in [0, 0.05) is 19.9 Å². The summed E-state index contributed by atoms with van der Waals surface area (Å²) in [5.41, 5.74) is 0.868. The van der Waals surface area contributed by atoms with Crippen molar-refractivity contribution in [3.8, 4) is 0 Å². The summed E-state index contributed by atoms with van der Waals surface area (Å²) in [4.78, 5) is 17.6. The molecule has 8 nitrogen and oxygen atoms in total. The molecular formula is C21H20N4O4S. The molecule has 0 atom stereocenters. The van der Waals surface area contributed by atoms with Gasteiger partial charge in [0.05, 0.1) is 16.9 Å². The van der Waals surface area contributed by atoms with Crippen LogP contribution in [0.2, 0.25) is 0 Å². The first-order valence-corrected chi connectivity index (χ1v) is 10.7. The van der Waals surface area contributed by atoms with E-state index in [4.69, 9.17) is 10.1 Å². The van der Waals surface area contributed by atoms with Crippen molar-refractivity contribution >= 4 is 26.5 Å². The van der Waals surface area contributed by atoms with Gasteiger partial charge in [0.1, 0.15) is 21.7 Å². The summed E-state index contributed by atoms with van der Waals surface area (Å²) >= 11 is 0. The summed E-state index contributed by atoms with van der Waals surface area (Å²) in [6.45, 7) is 2.25. The molecule has 1 N–H and O–H groups in total. The standard InChI is InChI=1S/C21H20N4O4S/c1-14-7-6-10-25-19(14)23-20-16(21(25)26)13-17(18(22)24(20)11-12-29-2)30(27,28)15-8-4-3-5-9-15/h3-10,13,22H,11-12H2,1-2H3. The number of methoxy groups -OCH3 is 1. The van der Waals surface area contributed by atoms with E-state index in [9.17, 15) is 13.2 Å². The largest absolute Gasteiger partial charge is 0.383 e. The number of nitrogens with one attached hydrogen (secondary N) is 1. The maximum absolute atomic E-state index is 13.3. The normalized spacial score (nSPS) is 11.9. The van der Waals surface area contributed by atoms with Gasteiger partial charge >= 0.3 is 0 Å². The number of aromatic nitrogens is 3. The van der Waals surface area contributed by atoms with Crippen LogP contribution in [0.3, 0.4) is 0 Å². The van der Waals surface area contributed by atoms with Gasteiger partial charge in [-0.2, -0.15) is 0 Å². The molecule has 0 amide bonds. The molecule has 0 saturated heterocycles. The zero-order valence-electron chi connectivity index (χ0n) is 16.5. The van der Waals surface area contributed by atoms with E-state index >= 15 is 0 Å². The molecule has 3 aromatic heterocycles. The second kappa shape index (κ2) is 7.51. The molecular weight excluding hydrogens is 404 g/mol. The van der Waals surface area contributed by atoms with Gasteiger partial charge in [-0.15, -0.1) is 0 Å². The summed E-state index contributed by atoms with van der Waals surface area (Å²) in [6.07, 6.45) is 1.59. The fourth-order valence-corrected chi connectivity index (χ4v) is 4.81. The third-order valence-corrected chi connectivity index (χ3v) is 6.74. The lowest BCUT2D eigenvalue weighted by molar-refractivity contribution is 0.186. The van der Waals surface area contributed by atoms with Crippen LogP contribution in [-0.2, 0) is 21.1 Å². The molecule has 0 unspecified atom stereocenters. The summed E-state index contributed by atoms with van der Waals surface area (Å²) in [5.74, 6) is 0. The molecule has 0 fully saturated rings. The summed E-state index contributed by atoms with van der Waals surface area (Å²) < 4.78 is 34.5. The zero-order chi connectivity index (χ0) is 21.5. The van der Waals surface area contributed by atoms with E-state index in [2.05, 4.69) is 4.98 Å². The number of pyridine rings is 2. The number of sulfone groups is 1. The SMILES string of the molecule is COCCn1c(=N)c(S(=O)(=O)c2ccccc2)cc2c(=O)n3cccc(C)c3nc21. The van der Waals surface area contributed by atoms with E-state index in [1.165, 1.54) is 34.3 Å². The van der Waals surface area contributed by atoms with Crippen LogP contribution in [0.15, 0.2) is 69.3 Å². The summed E-state index contributed by atoms with van der Waals surface area (Å²) in [5, 5.41) is 8.75. The van der Waals surface area contributed by atoms with Crippen molar-refractivity contribution in [2.75, 3.05) is 13.7 Å². The Morgan fingerprint density at radius 3 is 2.53 bits per heavy atom. The first-order chi connectivity index (χ1) is 14.4. The Morgan fingerprint density at radius 1 is 1.10 bits per heavy atom. The van der Waals surface area contributed by atoms with Crippen LogP contribution in [0.1, 0.15) is 5.56 Å².